The second kappa shape index (κ2) is 11.9. The summed E-state index contributed by atoms with van der Waals surface area (Å²) in [6.45, 7) is 13.4. The van der Waals surface area contributed by atoms with Crippen molar-refractivity contribution in [1.29, 1.82) is 0 Å². The van der Waals surface area contributed by atoms with Crippen molar-refractivity contribution < 1.29 is 17.9 Å². The summed E-state index contributed by atoms with van der Waals surface area (Å²) in [4.78, 5) is 16.7. The van der Waals surface area contributed by atoms with Crippen molar-refractivity contribution >= 4 is 16.1 Å². The third-order valence-electron chi connectivity index (χ3n) is 5.93. The van der Waals surface area contributed by atoms with Gasteiger partial charge in [0.25, 0.3) is 10.0 Å². The van der Waals surface area contributed by atoms with E-state index in [4.69, 9.17) is 4.74 Å². The van der Waals surface area contributed by atoms with Crippen LogP contribution in [0.25, 0.3) is 11.1 Å². The summed E-state index contributed by atoms with van der Waals surface area (Å²) in [6.07, 6.45) is 5.15. The fourth-order valence-electron chi connectivity index (χ4n) is 4.21. The number of rotatable bonds is 10. The van der Waals surface area contributed by atoms with Crippen LogP contribution < -0.4 is 4.72 Å². The Hall–Kier alpha value is -3.13. The van der Waals surface area contributed by atoms with Gasteiger partial charge < -0.3 is 9.30 Å². The topological polar surface area (TPSA) is 90.3 Å². The van der Waals surface area contributed by atoms with Crippen LogP contribution in [0.5, 0.6) is 0 Å². The van der Waals surface area contributed by atoms with Crippen LogP contribution in [0.2, 0.25) is 0 Å². The quantitative estimate of drug-likeness (QED) is 0.313. The Morgan fingerprint density at radius 3 is 2.38 bits per heavy atom. The van der Waals surface area contributed by atoms with Gasteiger partial charge in [-0.25, -0.2) is 22.9 Å². The fourth-order valence-corrected chi connectivity index (χ4v) is 5.31. The molecule has 3 rings (SSSR count). The number of nitrogens with zero attached hydrogens (tertiary/aromatic N) is 2. The zero-order chi connectivity index (χ0) is 27.2. The van der Waals surface area contributed by atoms with Gasteiger partial charge in [-0.05, 0) is 47.6 Å². The number of hydrogen-bond acceptors (Lipinski definition) is 5. The molecule has 0 saturated heterocycles. The van der Waals surface area contributed by atoms with Gasteiger partial charge in [0.1, 0.15) is 5.82 Å². The van der Waals surface area contributed by atoms with Crippen LogP contribution >= 0.6 is 0 Å². The van der Waals surface area contributed by atoms with Crippen molar-refractivity contribution in [2.24, 2.45) is 5.92 Å². The SMILES string of the molecule is CCCCOC(=O)NS(=O)(=O)c1ccc(CC(C)C)cc1-c1ccc(Cn2ccnc2C(C)(C)C)cc1. The van der Waals surface area contributed by atoms with Crippen LogP contribution in [0.4, 0.5) is 4.79 Å². The molecule has 0 aliphatic rings. The first-order valence-electron chi connectivity index (χ1n) is 12.8. The van der Waals surface area contributed by atoms with Crippen molar-refractivity contribution in [2.75, 3.05) is 6.61 Å². The van der Waals surface area contributed by atoms with E-state index in [9.17, 15) is 13.2 Å². The standard InChI is InChI=1S/C29H39N3O4S/c1-7-8-17-36-28(33)31-37(34,35)26-14-11-23(18-21(2)3)19-25(26)24-12-9-22(10-13-24)20-32-16-15-30-27(32)29(4,5)6/h9-16,19,21H,7-8,17-18,20H2,1-6H3,(H,31,33). The van der Waals surface area contributed by atoms with Crippen LogP contribution in [0, 0.1) is 5.92 Å². The maximum atomic E-state index is 13.2. The molecule has 3 aromatic rings. The molecule has 1 heterocycles. The lowest BCUT2D eigenvalue weighted by molar-refractivity contribution is 0.151. The third-order valence-corrected chi connectivity index (χ3v) is 7.30. The molecule has 7 nitrogen and oxygen atoms in total. The van der Waals surface area contributed by atoms with E-state index in [1.54, 1.807) is 6.07 Å². The maximum Gasteiger partial charge on any atom is 0.421 e. The molecule has 0 radical (unpaired) electrons. The fraction of sp³-hybridized carbons (Fsp3) is 0.448. The summed E-state index contributed by atoms with van der Waals surface area (Å²) < 4.78 is 35.6. The minimum absolute atomic E-state index is 0.0461. The Balaban J connectivity index is 1.93. The van der Waals surface area contributed by atoms with Crippen LogP contribution in [0.3, 0.4) is 0 Å². The molecule has 37 heavy (non-hydrogen) atoms. The van der Waals surface area contributed by atoms with Gasteiger partial charge in [0, 0.05) is 29.9 Å². The van der Waals surface area contributed by atoms with Crippen molar-refractivity contribution in [3.05, 3.63) is 71.8 Å². The van der Waals surface area contributed by atoms with E-state index in [1.807, 2.05) is 55.7 Å². The molecule has 0 spiro atoms. The molecular formula is C29H39N3O4S. The molecule has 0 saturated carbocycles. The van der Waals surface area contributed by atoms with E-state index in [2.05, 4.69) is 48.9 Å². The van der Waals surface area contributed by atoms with E-state index in [-0.39, 0.29) is 16.9 Å². The van der Waals surface area contributed by atoms with Gasteiger partial charge in [-0.2, -0.15) is 0 Å². The van der Waals surface area contributed by atoms with Crippen molar-refractivity contribution in [3.8, 4) is 11.1 Å². The van der Waals surface area contributed by atoms with E-state index in [1.165, 1.54) is 0 Å². The largest absolute Gasteiger partial charge is 0.449 e. The molecule has 2 aromatic carbocycles. The molecule has 0 atom stereocenters. The third kappa shape index (κ3) is 7.68. The number of ether oxygens (including phenoxy) is 1. The normalized spacial score (nSPS) is 12.1. The highest BCUT2D eigenvalue weighted by Gasteiger charge is 2.24. The second-order valence-corrected chi connectivity index (χ2v) is 12.5. The first kappa shape index (κ1) is 28.4. The van der Waals surface area contributed by atoms with E-state index >= 15 is 0 Å². The van der Waals surface area contributed by atoms with E-state index < -0.39 is 16.1 Å². The highest BCUT2D eigenvalue weighted by Crippen LogP contribution is 2.30. The Labute approximate surface area is 221 Å². The predicted molar refractivity (Wildman–Crippen MR) is 147 cm³/mol. The number of nitrogens with one attached hydrogen (secondary N) is 1. The van der Waals surface area contributed by atoms with Crippen molar-refractivity contribution in [3.63, 3.8) is 0 Å². The molecule has 8 heteroatoms. The number of hydrogen-bond donors (Lipinski definition) is 1. The number of amides is 1. The summed E-state index contributed by atoms with van der Waals surface area (Å²) in [5.41, 5.74) is 3.35. The molecule has 0 bridgehead atoms. The zero-order valence-corrected chi connectivity index (χ0v) is 23.6. The molecule has 1 aromatic heterocycles. The van der Waals surface area contributed by atoms with Crippen LogP contribution in [-0.4, -0.2) is 30.7 Å². The van der Waals surface area contributed by atoms with Gasteiger partial charge in [0.15, 0.2) is 0 Å². The average Bonchev–Trinajstić information content (AvgIpc) is 3.28. The number of imidazole rings is 1. The van der Waals surface area contributed by atoms with Crippen LogP contribution in [0.15, 0.2) is 59.8 Å². The Morgan fingerprint density at radius 2 is 1.76 bits per heavy atom. The first-order chi connectivity index (χ1) is 17.4. The van der Waals surface area contributed by atoms with Gasteiger partial charge in [-0.3, -0.25) is 0 Å². The summed E-state index contributed by atoms with van der Waals surface area (Å²) >= 11 is 0. The summed E-state index contributed by atoms with van der Waals surface area (Å²) in [7, 11) is -4.13. The molecule has 0 aliphatic heterocycles. The van der Waals surface area contributed by atoms with Crippen LogP contribution in [-0.2, 0) is 33.1 Å². The van der Waals surface area contributed by atoms with E-state index in [0.717, 1.165) is 35.4 Å². The Bertz CT molecular complexity index is 1300. The molecule has 200 valence electrons. The Kier molecular flexibility index (Phi) is 9.18. The van der Waals surface area contributed by atoms with Crippen molar-refractivity contribution in [1.82, 2.24) is 14.3 Å². The number of carbonyl (C=O) groups excluding carboxylic acids is 1. The van der Waals surface area contributed by atoms with Gasteiger partial charge >= 0.3 is 6.09 Å². The van der Waals surface area contributed by atoms with E-state index in [0.29, 0.717) is 24.4 Å². The highest BCUT2D eigenvalue weighted by atomic mass is 32.2. The molecule has 0 fully saturated rings. The number of benzene rings is 2. The molecule has 1 amide bonds. The minimum atomic E-state index is -4.13. The average molecular weight is 526 g/mol. The number of aromatic nitrogens is 2. The lowest BCUT2D eigenvalue weighted by Gasteiger charge is -2.20. The minimum Gasteiger partial charge on any atom is -0.449 e. The lowest BCUT2D eigenvalue weighted by Crippen LogP contribution is -2.31. The monoisotopic (exact) mass is 525 g/mol. The van der Waals surface area contributed by atoms with Crippen LogP contribution in [0.1, 0.15) is 71.3 Å². The number of carbonyl (C=O) groups is 1. The number of unbranched alkanes of at least 4 members (excludes halogenated alkanes) is 1. The molecule has 0 unspecified atom stereocenters. The summed E-state index contributed by atoms with van der Waals surface area (Å²) in [5, 5.41) is 0. The maximum absolute atomic E-state index is 13.2. The highest BCUT2D eigenvalue weighted by molar-refractivity contribution is 7.90. The predicted octanol–water partition coefficient (Wildman–Crippen LogP) is 6.31. The Morgan fingerprint density at radius 1 is 1.08 bits per heavy atom. The first-order valence-corrected chi connectivity index (χ1v) is 14.3. The van der Waals surface area contributed by atoms with Gasteiger partial charge in [0.2, 0.25) is 0 Å². The molecular weight excluding hydrogens is 486 g/mol. The summed E-state index contributed by atoms with van der Waals surface area (Å²) in [6, 6.07) is 13.1. The zero-order valence-electron chi connectivity index (χ0n) is 22.7. The molecule has 0 aliphatic carbocycles. The lowest BCUT2D eigenvalue weighted by atomic mass is 9.95. The van der Waals surface area contributed by atoms with Gasteiger partial charge in [-0.1, -0.05) is 78.3 Å². The molecule has 1 N–H and O–H groups in total. The van der Waals surface area contributed by atoms with Crippen molar-refractivity contribution in [2.45, 2.75) is 77.7 Å². The van der Waals surface area contributed by atoms with Gasteiger partial charge in [0.05, 0.1) is 11.5 Å². The summed E-state index contributed by atoms with van der Waals surface area (Å²) in [5.74, 6) is 1.42. The number of sulfonamides is 1. The van der Waals surface area contributed by atoms with Gasteiger partial charge in [-0.15, -0.1) is 0 Å². The smallest absolute Gasteiger partial charge is 0.421 e. The second-order valence-electron chi connectivity index (χ2n) is 10.8.